The van der Waals surface area contributed by atoms with Gasteiger partial charge in [-0.25, -0.2) is 4.57 Å². The van der Waals surface area contributed by atoms with E-state index < -0.39 is 13.4 Å². The van der Waals surface area contributed by atoms with Gasteiger partial charge in [0, 0.05) is 14.2 Å². The molecule has 0 radical (unpaired) electrons. The SMILES string of the molecule is COP(=O)(OC)OC(c1ccccc1)(c1ccccc1)c1ccccc1. The molecule has 0 heterocycles. The molecule has 0 unspecified atom stereocenters. The Bertz CT molecular complexity index is 762. The van der Waals surface area contributed by atoms with Gasteiger partial charge in [0.05, 0.1) is 0 Å². The predicted octanol–water partition coefficient (Wildman–Crippen LogP) is 5.40. The summed E-state index contributed by atoms with van der Waals surface area (Å²) in [6, 6.07) is 28.9. The van der Waals surface area contributed by atoms with Crippen molar-refractivity contribution in [1.29, 1.82) is 0 Å². The smallest absolute Gasteiger partial charge is 0.290 e. The van der Waals surface area contributed by atoms with Crippen LogP contribution in [-0.2, 0) is 23.7 Å². The van der Waals surface area contributed by atoms with E-state index in [2.05, 4.69) is 0 Å². The van der Waals surface area contributed by atoms with E-state index in [-0.39, 0.29) is 0 Å². The van der Waals surface area contributed by atoms with E-state index >= 15 is 0 Å². The van der Waals surface area contributed by atoms with Crippen LogP contribution in [0.4, 0.5) is 0 Å². The van der Waals surface area contributed by atoms with E-state index in [1.54, 1.807) is 0 Å². The van der Waals surface area contributed by atoms with Crippen LogP contribution in [0.25, 0.3) is 0 Å². The minimum absolute atomic E-state index is 0.826. The fourth-order valence-electron chi connectivity index (χ4n) is 2.99. The van der Waals surface area contributed by atoms with Crippen molar-refractivity contribution < 1.29 is 18.1 Å². The molecule has 0 aliphatic heterocycles. The van der Waals surface area contributed by atoms with Gasteiger partial charge in [-0.2, -0.15) is 0 Å². The Morgan fingerprint density at radius 3 is 1.19 bits per heavy atom. The van der Waals surface area contributed by atoms with Crippen LogP contribution in [0.2, 0.25) is 0 Å². The first-order valence-corrected chi connectivity index (χ1v) is 9.69. The van der Waals surface area contributed by atoms with E-state index in [0.717, 1.165) is 16.7 Å². The summed E-state index contributed by atoms with van der Waals surface area (Å²) in [5.74, 6) is 0. The molecule has 0 aliphatic carbocycles. The van der Waals surface area contributed by atoms with Crippen molar-refractivity contribution in [3.63, 3.8) is 0 Å². The fraction of sp³-hybridized carbons (Fsp3) is 0.143. The lowest BCUT2D eigenvalue weighted by Gasteiger charge is -2.36. The van der Waals surface area contributed by atoms with Crippen LogP contribution in [-0.4, -0.2) is 14.2 Å². The van der Waals surface area contributed by atoms with Crippen LogP contribution in [0.5, 0.6) is 0 Å². The highest BCUT2D eigenvalue weighted by molar-refractivity contribution is 7.48. The quantitative estimate of drug-likeness (QED) is 0.414. The topological polar surface area (TPSA) is 44.8 Å². The number of phosphoric ester groups is 1. The maximum atomic E-state index is 13.0. The molecule has 134 valence electrons. The highest BCUT2D eigenvalue weighted by Crippen LogP contribution is 2.57. The summed E-state index contributed by atoms with van der Waals surface area (Å²) in [5.41, 5.74) is 1.33. The second-order valence-electron chi connectivity index (χ2n) is 5.68. The first-order valence-electron chi connectivity index (χ1n) is 8.23. The van der Waals surface area contributed by atoms with Crippen LogP contribution in [0.3, 0.4) is 0 Å². The Morgan fingerprint density at radius 2 is 0.923 bits per heavy atom. The summed E-state index contributed by atoms with van der Waals surface area (Å²) in [6.45, 7) is 0. The third kappa shape index (κ3) is 3.50. The third-order valence-corrected chi connectivity index (χ3v) is 5.63. The van der Waals surface area contributed by atoms with Crippen LogP contribution < -0.4 is 0 Å². The van der Waals surface area contributed by atoms with E-state index in [4.69, 9.17) is 13.6 Å². The first-order chi connectivity index (χ1) is 12.6. The van der Waals surface area contributed by atoms with Gasteiger partial charge in [0.25, 0.3) is 0 Å². The molecule has 4 nitrogen and oxygen atoms in total. The minimum atomic E-state index is -3.80. The second kappa shape index (κ2) is 7.98. The summed E-state index contributed by atoms with van der Waals surface area (Å²) >= 11 is 0. The molecule has 3 aromatic carbocycles. The van der Waals surface area contributed by atoms with Gasteiger partial charge in [-0.1, -0.05) is 91.0 Å². The highest BCUT2D eigenvalue weighted by atomic mass is 31.2. The van der Waals surface area contributed by atoms with Gasteiger partial charge in [0.15, 0.2) is 5.60 Å². The lowest BCUT2D eigenvalue weighted by atomic mass is 9.80. The molecule has 0 fully saturated rings. The third-order valence-electron chi connectivity index (χ3n) is 4.24. The van der Waals surface area contributed by atoms with Crippen molar-refractivity contribution in [2.24, 2.45) is 0 Å². The Labute approximate surface area is 154 Å². The summed E-state index contributed by atoms with van der Waals surface area (Å²) in [4.78, 5) is 0. The largest absolute Gasteiger partial charge is 0.475 e. The molecular weight excluding hydrogens is 347 g/mol. The Morgan fingerprint density at radius 1 is 0.615 bits per heavy atom. The summed E-state index contributed by atoms with van der Waals surface area (Å²) in [6.07, 6.45) is 0. The molecule has 0 bridgehead atoms. The molecule has 0 aliphatic rings. The average Bonchev–Trinajstić information content (AvgIpc) is 2.74. The van der Waals surface area contributed by atoms with Gasteiger partial charge in [-0.15, -0.1) is 0 Å². The molecule has 0 aromatic heterocycles. The van der Waals surface area contributed by atoms with Crippen molar-refractivity contribution in [3.8, 4) is 0 Å². The summed E-state index contributed by atoms with van der Waals surface area (Å²) in [7, 11) is -1.17. The monoisotopic (exact) mass is 368 g/mol. The van der Waals surface area contributed by atoms with Crippen LogP contribution in [0, 0.1) is 0 Å². The molecule has 26 heavy (non-hydrogen) atoms. The van der Waals surface area contributed by atoms with Gasteiger partial charge in [-0.05, 0) is 16.7 Å². The number of hydrogen-bond acceptors (Lipinski definition) is 4. The number of rotatable bonds is 7. The standard InChI is InChI=1S/C21H21O4P/c1-23-26(22,24-2)25-21(18-12-6-3-7-13-18,19-14-8-4-9-15-19)20-16-10-5-11-17-20/h3-17H,1-2H3. The second-order valence-corrected chi connectivity index (χ2v) is 7.49. The van der Waals surface area contributed by atoms with Gasteiger partial charge in [0.2, 0.25) is 0 Å². The van der Waals surface area contributed by atoms with Crippen molar-refractivity contribution in [1.82, 2.24) is 0 Å². The number of phosphoric acid groups is 1. The Balaban J connectivity index is 2.33. The van der Waals surface area contributed by atoms with Crippen molar-refractivity contribution in [2.45, 2.75) is 5.60 Å². The van der Waals surface area contributed by atoms with Crippen molar-refractivity contribution in [2.75, 3.05) is 14.2 Å². The minimum Gasteiger partial charge on any atom is -0.290 e. The predicted molar refractivity (Wildman–Crippen MR) is 102 cm³/mol. The average molecular weight is 368 g/mol. The maximum absolute atomic E-state index is 13.0. The molecule has 5 heteroatoms. The van der Waals surface area contributed by atoms with Gasteiger partial charge < -0.3 is 0 Å². The Kier molecular flexibility index (Phi) is 5.70. The lowest BCUT2D eigenvalue weighted by Crippen LogP contribution is -2.32. The van der Waals surface area contributed by atoms with Gasteiger partial charge in [0.1, 0.15) is 0 Å². The molecule has 0 N–H and O–H groups in total. The number of hydrogen-bond donors (Lipinski definition) is 0. The molecule has 0 spiro atoms. The molecule has 3 aromatic rings. The summed E-state index contributed by atoms with van der Waals surface area (Å²) < 4.78 is 29.4. The molecule has 3 rings (SSSR count). The zero-order valence-corrected chi connectivity index (χ0v) is 15.6. The van der Waals surface area contributed by atoms with Crippen LogP contribution in [0.15, 0.2) is 91.0 Å². The van der Waals surface area contributed by atoms with Gasteiger partial charge in [-0.3, -0.25) is 13.6 Å². The highest BCUT2D eigenvalue weighted by Gasteiger charge is 2.44. The fourth-order valence-corrected chi connectivity index (χ4v) is 3.94. The van der Waals surface area contributed by atoms with E-state index in [1.165, 1.54) is 14.2 Å². The van der Waals surface area contributed by atoms with Crippen LogP contribution in [0.1, 0.15) is 16.7 Å². The lowest BCUT2D eigenvalue weighted by molar-refractivity contribution is 0.0753. The van der Waals surface area contributed by atoms with E-state index in [9.17, 15) is 4.57 Å². The van der Waals surface area contributed by atoms with Crippen molar-refractivity contribution >= 4 is 7.82 Å². The maximum Gasteiger partial charge on any atom is 0.475 e. The zero-order chi connectivity index (χ0) is 18.5. The van der Waals surface area contributed by atoms with Crippen LogP contribution >= 0.6 is 7.82 Å². The number of benzene rings is 3. The summed E-state index contributed by atoms with van der Waals surface area (Å²) in [5, 5.41) is 0. The Hall–Kier alpha value is -2.23. The zero-order valence-electron chi connectivity index (χ0n) is 14.7. The van der Waals surface area contributed by atoms with E-state index in [0.29, 0.717) is 0 Å². The normalized spacial score (nSPS) is 12.1. The molecule has 0 atom stereocenters. The first kappa shape index (κ1) is 18.6. The van der Waals surface area contributed by atoms with E-state index in [1.807, 2.05) is 91.0 Å². The molecule has 0 amide bonds. The molecule has 0 saturated carbocycles. The van der Waals surface area contributed by atoms with Crippen molar-refractivity contribution in [3.05, 3.63) is 108 Å². The molecular formula is C21H21O4P. The molecule has 0 saturated heterocycles. The van der Waals surface area contributed by atoms with Gasteiger partial charge >= 0.3 is 7.82 Å².